The second-order valence-corrected chi connectivity index (χ2v) is 2.63. The van der Waals surface area contributed by atoms with Crippen molar-refractivity contribution in [2.24, 2.45) is 5.73 Å². The standard InChI is InChI=1S/C8H14N4O/c1-2-12-6-7(5-11-12)8(13)10-4-3-9/h5-6H,2-4,9H2,1H3,(H,10,13). The van der Waals surface area contributed by atoms with Gasteiger partial charge in [0.25, 0.3) is 5.91 Å². The van der Waals surface area contributed by atoms with Crippen molar-refractivity contribution in [2.45, 2.75) is 13.5 Å². The minimum Gasteiger partial charge on any atom is -0.351 e. The van der Waals surface area contributed by atoms with E-state index < -0.39 is 0 Å². The predicted octanol–water partition coefficient (Wildman–Crippen LogP) is -0.408. The molecule has 13 heavy (non-hydrogen) atoms. The van der Waals surface area contributed by atoms with Gasteiger partial charge in [-0.3, -0.25) is 9.48 Å². The van der Waals surface area contributed by atoms with Gasteiger partial charge in [0.15, 0.2) is 0 Å². The smallest absolute Gasteiger partial charge is 0.254 e. The summed E-state index contributed by atoms with van der Waals surface area (Å²) in [5.74, 6) is -0.120. The van der Waals surface area contributed by atoms with Crippen molar-refractivity contribution in [3.8, 4) is 0 Å². The molecule has 0 saturated heterocycles. The van der Waals surface area contributed by atoms with Gasteiger partial charge in [0.1, 0.15) is 0 Å². The van der Waals surface area contributed by atoms with Crippen LogP contribution in [0.4, 0.5) is 0 Å². The Bertz CT molecular complexity index is 281. The molecule has 1 aromatic heterocycles. The van der Waals surface area contributed by atoms with Crippen LogP contribution >= 0.6 is 0 Å². The number of rotatable bonds is 4. The molecular weight excluding hydrogens is 168 g/mol. The first kappa shape index (κ1) is 9.73. The highest BCUT2D eigenvalue weighted by Gasteiger charge is 2.06. The molecule has 5 nitrogen and oxygen atoms in total. The van der Waals surface area contributed by atoms with Crippen molar-refractivity contribution in [1.29, 1.82) is 0 Å². The lowest BCUT2D eigenvalue weighted by Crippen LogP contribution is -2.28. The Labute approximate surface area is 76.9 Å². The zero-order chi connectivity index (χ0) is 9.68. The monoisotopic (exact) mass is 182 g/mol. The molecule has 0 aromatic carbocycles. The number of amides is 1. The summed E-state index contributed by atoms with van der Waals surface area (Å²) in [5, 5.41) is 6.66. The van der Waals surface area contributed by atoms with Crippen LogP contribution in [0.1, 0.15) is 17.3 Å². The van der Waals surface area contributed by atoms with Gasteiger partial charge in [-0.2, -0.15) is 5.10 Å². The third-order valence-corrected chi connectivity index (χ3v) is 1.65. The molecule has 0 aliphatic carbocycles. The third-order valence-electron chi connectivity index (χ3n) is 1.65. The second kappa shape index (κ2) is 4.61. The van der Waals surface area contributed by atoms with Crippen LogP contribution in [0.15, 0.2) is 12.4 Å². The van der Waals surface area contributed by atoms with E-state index in [1.54, 1.807) is 17.1 Å². The highest BCUT2D eigenvalue weighted by Crippen LogP contribution is 1.96. The molecule has 0 atom stereocenters. The molecule has 0 unspecified atom stereocenters. The zero-order valence-corrected chi connectivity index (χ0v) is 7.66. The molecule has 1 rings (SSSR count). The molecule has 0 spiro atoms. The minimum absolute atomic E-state index is 0.120. The van der Waals surface area contributed by atoms with Crippen molar-refractivity contribution < 1.29 is 4.79 Å². The Morgan fingerprint density at radius 3 is 3.08 bits per heavy atom. The van der Waals surface area contributed by atoms with E-state index in [1.807, 2.05) is 6.92 Å². The Balaban J connectivity index is 2.55. The van der Waals surface area contributed by atoms with Gasteiger partial charge in [-0.05, 0) is 6.92 Å². The normalized spacial score (nSPS) is 10.0. The van der Waals surface area contributed by atoms with Gasteiger partial charge in [0.2, 0.25) is 0 Å². The number of hydrogen-bond acceptors (Lipinski definition) is 3. The van der Waals surface area contributed by atoms with Crippen LogP contribution in [0.25, 0.3) is 0 Å². The van der Waals surface area contributed by atoms with Gasteiger partial charge in [-0.1, -0.05) is 0 Å². The molecule has 1 heterocycles. The first-order valence-corrected chi connectivity index (χ1v) is 4.28. The van der Waals surface area contributed by atoms with Crippen LogP contribution in [0.5, 0.6) is 0 Å². The molecule has 5 heteroatoms. The van der Waals surface area contributed by atoms with Crippen LogP contribution in [0, 0.1) is 0 Å². The highest BCUT2D eigenvalue weighted by molar-refractivity contribution is 5.93. The summed E-state index contributed by atoms with van der Waals surface area (Å²) in [5.41, 5.74) is 5.83. The number of nitrogens with two attached hydrogens (primary N) is 1. The Morgan fingerprint density at radius 2 is 2.54 bits per heavy atom. The Kier molecular flexibility index (Phi) is 3.45. The summed E-state index contributed by atoms with van der Waals surface area (Å²) in [6.07, 6.45) is 3.27. The van der Waals surface area contributed by atoms with Gasteiger partial charge < -0.3 is 11.1 Å². The maximum atomic E-state index is 11.3. The van der Waals surface area contributed by atoms with Crippen molar-refractivity contribution in [3.63, 3.8) is 0 Å². The molecule has 0 aliphatic rings. The maximum absolute atomic E-state index is 11.3. The number of carbonyl (C=O) groups excluding carboxylic acids is 1. The van der Waals surface area contributed by atoms with Crippen LogP contribution in [-0.4, -0.2) is 28.8 Å². The average Bonchev–Trinajstić information content (AvgIpc) is 2.62. The largest absolute Gasteiger partial charge is 0.351 e. The number of nitrogens with zero attached hydrogens (tertiary/aromatic N) is 2. The fourth-order valence-corrected chi connectivity index (χ4v) is 0.942. The van der Waals surface area contributed by atoms with Crippen molar-refractivity contribution in [3.05, 3.63) is 18.0 Å². The summed E-state index contributed by atoms with van der Waals surface area (Å²) >= 11 is 0. The molecule has 3 N–H and O–H groups in total. The quantitative estimate of drug-likeness (QED) is 0.665. The number of aromatic nitrogens is 2. The first-order chi connectivity index (χ1) is 6.27. The van der Waals surface area contributed by atoms with Gasteiger partial charge >= 0.3 is 0 Å². The molecule has 0 aliphatic heterocycles. The van der Waals surface area contributed by atoms with Crippen LogP contribution in [0.3, 0.4) is 0 Å². The summed E-state index contributed by atoms with van der Waals surface area (Å²) in [6, 6.07) is 0. The van der Waals surface area contributed by atoms with Crippen LogP contribution in [0.2, 0.25) is 0 Å². The molecule has 0 radical (unpaired) electrons. The minimum atomic E-state index is -0.120. The van der Waals surface area contributed by atoms with Crippen LogP contribution < -0.4 is 11.1 Å². The molecule has 0 saturated carbocycles. The fraction of sp³-hybridized carbons (Fsp3) is 0.500. The van der Waals surface area contributed by atoms with Crippen molar-refractivity contribution in [1.82, 2.24) is 15.1 Å². The summed E-state index contributed by atoms with van der Waals surface area (Å²) in [4.78, 5) is 11.3. The van der Waals surface area contributed by atoms with Gasteiger partial charge in [-0.25, -0.2) is 0 Å². The SMILES string of the molecule is CCn1cc(C(=O)NCCN)cn1. The molecule has 0 bridgehead atoms. The Morgan fingerprint density at radius 1 is 1.77 bits per heavy atom. The topological polar surface area (TPSA) is 72.9 Å². The van der Waals surface area contributed by atoms with Gasteiger partial charge in [0, 0.05) is 25.8 Å². The highest BCUT2D eigenvalue weighted by atomic mass is 16.1. The van der Waals surface area contributed by atoms with E-state index in [9.17, 15) is 4.79 Å². The van der Waals surface area contributed by atoms with Gasteiger partial charge in [-0.15, -0.1) is 0 Å². The number of hydrogen-bond donors (Lipinski definition) is 2. The second-order valence-electron chi connectivity index (χ2n) is 2.63. The molecule has 1 amide bonds. The molecular formula is C8H14N4O. The summed E-state index contributed by atoms with van der Waals surface area (Å²) in [6.45, 7) is 3.68. The maximum Gasteiger partial charge on any atom is 0.254 e. The lowest BCUT2D eigenvalue weighted by atomic mass is 10.3. The van der Waals surface area contributed by atoms with E-state index in [2.05, 4.69) is 10.4 Å². The number of nitrogens with one attached hydrogen (secondary N) is 1. The first-order valence-electron chi connectivity index (χ1n) is 4.28. The molecule has 0 fully saturated rings. The number of carbonyl (C=O) groups is 1. The lowest BCUT2D eigenvalue weighted by molar-refractivity contribution is 0.0954. The van der Waals surface area contributed by atoms with E-state index in [0.717, 1.165) is 6.54 Å². The molecule has 72 valence electrons. The van der Waals surface area contributed by atoms with E-state index in [4.69, 9.17) is 5.73 Å². The van der Waals surface area contributed by atoms with Crippen molar-refractivity contribution in [2.75, 3.05) is 13.1 Å². The van der Waals surface area contributed by atoms with Gasteiger partial charge in [0.05, 0.1) is 11.8 Å². The average molecular weight is 182 g/mol. The number of aryl methyl sites for hydroxylation is 1. The van der Waals surface area contributed by atoms with E-state index >= 15 is 0 Å². The summed E-state index contributed by atoms with van der Waals surface area (Å²) in [7, 11) is 0. The third kappa shape index (κ3) is 2.55. The van der Waals surface area contributed by atoms with Crippen molar-refractivity contribution >= 4 is 5.91 Å². The van der Waals surface area contributed by atoms with E-state index in [-0.39, 0.29) is 5.91 Å². The van der Waals surface area contributed by atoms with E-state index in [1.165, 1.54) is 0 Å². The predicted molar refractivity (Wildman–Crippen MR) is 49.3 cm³/mol. The summed E-state index contributed by atoms with van der Waals surface area (Å²) < 4.78 is 1.71. The lowest BCUT2D eigenvalue weighted by Gasteiger charge is -1.99. The zero-order valence-electron chi connectivity index (χ0n) is 7.66. The van der Waals surface area contributed by atoms with E-state index in [0.29, 0.717) is 18.7 Å². The fourth-order valence-electron chi connectivity index (χ4n) is 0.942. The Hall–Kier alpha value is -1.36. The molecule has 1 aromatic rings. The van der Waals surface area contributed by atoms with Crippen LogP contribution in [-0.2, 0) is 6.54 Å².